The Morgan fingerprint density at radius 1 is 1.00 bits per heavy atom. The quantitative estimate of drug-likeness (QED) is 0.505. The minimum absolute atomic E-state index is 0.0297. The Hall–Kier alpha value is -1.61. The van der Waals surface area contributed by atoms with E-state index in [1.807, 2.05) is 61.5 Å². The van der Waals surface area contributed by atoms with Crippen molar-refractivity contribution in [3.8, 4) is 5.75 Å². The molecule has 0 fully saturated rings. The number of hydrogen-bond acceptors (Lipinski definition) is 3. The second kappa shape index (κ2) is 5.64. The van der Waals surface area contributed by atoms with E-state index in [1.54, 1.807) is 11.8 Å². The molecule has 0 radical (unpaired) electrons. The molecule has 2 N–H and O–H groups in total. The van der Waals surface area contributed by atoms with Crippen LogP contribution in [0.15, 0.2) is 59.5 Å². The van der Waals surface area contributed by atoms with Gasteiger partial charge in [-0.25, -0.2) is 0 Å². The Bertz CT molecular complexity index is 473. The summed E-state index contributed by atoms with van der Waals surface area (Å²) in [6, 6.07) is 17.6. The summed E-state index contributed by atoms with van der Waals surface area (Å²) in [5.41, 5.74) is 6.71. The van der Waals surface area contributed by atoms with Crippen molar-refractivity contribution in [1.29, 1.82) is 0 Å². The highest BCUT2D eigenvalue weighted by molar-refractivity contribution is 7.99. The third-order valence-corrected chi connectivity index (χ3v) is 3.31. The van der Waals surface area contributed by atoms with Crippen molar-refractivity contribution in [1.82, 2.24) is 0 Å². The van der Waals surface area contributed by atoms with E-state index in [-0.39, 0.29) is 5.44 Å². The number of para-hydroxylation sites is 2. The van der Waals surface area contributed by atoms with E-state index in [9.17, 15) is 0 Å². The number of rotatable bonds is 4. The lowest BCUT2D eigenvalue weighted by Crippen LogP contribution is -2.07. The van der Waals surface area contributed by atoms with Crippen molar-refractivity contribution in [3.05, 3.63) is 54.6 Å². The first-order valence-electron chi connectivity index (χ1n) is 5.48. The van der Waals surface area contributed by atoms with Gasteiger partial charge in [0.25, 0.3) is 0 Å². The van der Waals surface area contributed by atoms with Crippen molar-refractivity contribution in [2.75, 3.05) is 5.73 Å². The Morgan fingerprint density at radius 2 is 1.65 bits per heavy atom. The molecule has 0 aliphatic heterocycles. The molecule has 2 rings (SSSR count). The van der Waals surface area contributed by atoms with Crippen molar-refractivity contribution in [3.63, 3.8) is 0 Å². The summed E-state index contributed by atoms with van der Waals surface area (Å²) in [5, 5.41) is 0. The van der Waals surface area contributed by atoms with Gasteiger partial charge in [0.1, 0.15) is 11.2 Å². The number of nitrogens with two attached hydrogens (primary N) is 1. The van der Waals surface area contributed by atoms with E-state index in [2.05, 4.69) is 0 Å². The van der Waals surface area contributed by atoms with Crippen LogP contribution in [0.4, 0.5) is 5.69 Å². The van der Waals surface area contributed by atoms with Gasteiger partial charge in [-0.15, -0.1) is 0 Å². The standard InChI is InChI=1S/C14H15NOS/c1-11(16-12-7-3-2-4-8-12)17-14-10-6-5-9-13(14)15/h2-11H,15H2,1H3. The average Bonchev–Trinajstić information content (AvgIpc) is 2.33. The molecule has 88 valence electrons. The van der Waals surface area contributed by atoms with Gasteiger partial charge < -0.3 is 10.5 Å². The Balaban J connectivity index is 1.98. The smallest absolute Gasteiger partial charge is 0.146 e. The highest BCUT2D eigenvalue weighted by atomic mass is 32.2. The number of ether oxygens (including phenoxy) is 1. The summed E-state index contributed by atoms with van der Waals surface area (Å²) in [4.78, 5) is 1.05. The van der Waals surface area contributed by atoms with Crippen LogP contribution in [0.5, 0.6) is 5.75 Å². The first-order chi connectivity index (χ1) is 8.25. The summed E-state index contributed by atoms with van der Waals surface area (Å²) in [5.74, 6) is 0.877. The molecule has 0 bridgehead atoms. The van der Waals surface area contributed by atoms with Crippen LogP contribution in [-0.4, -0.2) is 5.44 Å². The normalized spacial score (nSPS) is 12.1. The van der Waals surface area contributed by atoms with Gasteiger partial charge in [0, 0.05) is 10.6 Å². The van der Waals surface area contributed by atoms with Gasteiger partial charge in [-0.3, -0.25) is 0 Å². The zero-order valence-electron chi connectivity index (χ0n) is 9.67. The second-order valence-corrected chi connectivity index (χ2v) is 4.99. The van der Waals surface area contributed by atoms with E-state index in [4.69, 9.17) is 10.5 Å². The molecule has 2 aromatic carbocycles. The lowest BCUT2D eigenvalue weighted by Gasteiger charge is -2.15. The summed E-state index contributed by atoms with van der Waals surface area (Å²) < 4.78 is 5.78. The number of hydrogen-bond donors (Lipinski definition) is 1. The fourth-order valence-electron chi connectivity index (χ4n) is 1.48. The molecule has 1 atom stereocenters. The largest absolute Gasteiger partial charge is 0.480 e. The molecule has 0 aromatic heterocycles. The molecular formula is C14H15NOS. The lowest BCUT2D eigenvalue weighted by molar-refractivity contribution is 0.308. The van der Waals surface area contributed by atoms with Crippen molar-refractivity contribution in [2.24, 2.45) is 0 Å². The molecule has 0 spiro atoms. The van der Waals surface area contributed by atoms with Crippen LogP contribution < -0.4 is 10.5 Å². The van der Waals surface area contributed by atoms with Crippen LogP contribution >= 0.6 is 11.8 Å². The number of benzene rings is 2. The van der Waals surface area contributed by atoms with Crippen LogP contribution in [-0.2, 0) is 0 Å². The molecule has 0 saturated heterocycles. The maximum atomic E-state index is 5.89. The van der Waals surface area contributed by atoms with Gasteiger partial charge in [0.15, 0.2) is 0 Å². The third-order valence-electron chi connectivity index (χ3n) is 2.26. The van der Waals surface area contributed by atoms with Crippen molar-refractivity contribution >= 4 is 17.4 Å². The van der Waals surface area contributed by atoms with E-state index in [0.717, 1.165) is 16.3 Å². The molecule has 0 amide bonds. The average molecular weight is 245 g/mol. The molecule has 17 heavy (non-hydrogen) atoms. The molecule has 1 unspecified atom stereocenters. The number of nitrogen functional groups attached to an aromatic ring is 1. The van der Waals surface area contributed by atoms with Gasteiger partial charge in [0.05, 0.1) is 0 Å². The number of anilines is 1. The summed E-state index contributed by atoms with van der Waals surface area (Å²) in [6.45, 7) is 2.02. The highest BCUT2D eigenvalue weighted by Crippen LogP contribution is 2.29. The molecule has 0 aliphatic rings. The number of thioether (sulfide) groups is 1. The predicted octanol–water partition coefficient (Wildman–Crippen LogP) is 3.79. The SMILES string of the molecule is CC(Oc1ccccc1)Sc1ccccc1N. The van der Waals surface area contributed by atoms with Crippen LogP contribution in [0.3, 0.4) is 0 Å². The van der Waals surface area contributed by atoms with Gasteiger partial charge in [-0.05, 0) is 31.2 Å². The van der Waals surface area contributed by atoms with Crippen molar-refractivity contribution in [2.45, 2.75) is 17.3 Å². The van der Waals surface area contributed by atoms with E-state index < -0.39 is 0 Å². The molecule has 0 aliphatic carbocycles. The van der Waals surface area contributed by atoms with Crippen LogP contribution in [0.25, 0.3) is 0 Å². The van der Waals surface area contributed by atoms with Crippen LogP contribution in [0, 0.1) is 0 Å². The van der Waals surface area contributed by atoms with E-state index in [1.165, 1.54) is 0 Å². The minimum Gasteiger partial charge on any atom is -0.480 e. The Morgan fingerprint density at radius 3 is 2.35 bits per heavy atom. The minimum atomic E-state index is 0.0297. The molecular weight excluding hydrogens is 230 g/mol. The van der Waals surface area contributed by atoms with Gasteiger partial charge in [-0.1, -0.05) is 42.1 Å². The lowest BCUT2D eigenvalue weighted by atomic mass is 10.3. The van der Waals surface area contributed by atoms with Crippen molar-refractivity contribution < 1.29 is 4.74 Å². The van der Waals surface area contributed by atoms with Gasteiger partial charge in [-0.2, -0.15) is 0 Å². The van der Waals surface area contributed by atoms with Gasteiger partial charge >= 0.3 is 0 Å². The fraction of sp³-hybridized carbons (Fsp3) is 0.143. The second-order valence-electron chi connectivity index (χ2n) is 3.65. The highest BCUT2D eigenvalue weighted by Gasteiger charge is 2.07. The summed E-state index contributed by atoms with van der Waals surface area (Å²) in [6.07, 6.45) is 0. The monoisotopic (exact) mass is 245 g/mol. The Labute approximate surface area is 106 Å². The summed E-state index contributed by atoms with van der Waals surface area (Å²) in [7, 11) is 0. The van der Waals surface area contributed by atoms with Crippen LogP contribution in [0.2, 0.25) is 0 Å². The maximum Gasteiger partial charge on any atom is 0.146 e. The molecule has 2 aromatic rings. The first kappa shape index (κ1) is 11.9. The third kappa shape index (κ3) is 3.43. The van der Waals surface area contributed by atoms with Crippen LogP contribution in [0.1, 0.15) is 6.92 Å². The molecule has 2 nitrogen and oxygen atoms in total. The summed E-state index contributed by atoms with van der Waals surface area (Å²) >= 11 is 1.62. The van der Waals surface area contributed by atoms with Gasteiger partial charge in [0.2, 0.25) is 0 Å². The fourth-order valence-corrected chi connectivity index (χ4v) is 2.36. The zero-order valence-corrected chi connectivity index (χ0v) is 10.5. The topological polar surface area (TPSA) is 35.2 Å². The maximum absolute atomic E-state index is 5.89. The van der Waals surface area contributed by atoms with E-state index in [0.29, 0.717) is 0 Å². The molecule has 0 heterocycles. The molecule has 3 heteroatoms. The predicted molar refractivity (Wildman–Crippen MR) is 73.2 cm³/mol. The Kier molecular flexibility index (Phi) is 3.94. The molecule has 0 saturated carbocycles. The van der Waals surface area contributed by atoms with E-state index >= 15 is 0 Å². The zero-order chi connectivity index (χ0) is 12.1. The first-order valence-corrected chi connectivity index (χ1v) is 6.36.